The van der Waals surface area contributed by atoms with E-state index in [0.29, 0.717) is 18.4 Å². The Bertz CT molecular complexity index is 1190. The van der Waals surface area contributed by atoms with Gasteiger partial charge in [-0.25, -0.2) is 13.1 Å². The molecule has 0 saturated carbocycles. The van der Waals surface area contributed by atoms with Gasteiger partial charge in [0.25, 0.3) is 0 Å². The summed E-state index contributed by atoms with van der Waals surface area (Å²) < 4.78 is 28.2. The molecule has 36 heavy (non-hydrogen) atoms. The van der Waals surface area contributed by atoms with Crippen LogP contribution in [0, 0.1) is 11.8 Å². The van der Waals surface area contributed by atoms with Crippen LogP contribution >= 0.6 is 0 Å². The molecule has 1 saturated heterocycles. The van der Waals surface area contributed by atoms with Crippen molar-refractivity contribution in [2.45, 2.75) is 63.1 Å². The van der Waals surface area contributed by atoms with E-state index in [4.69, 9.17) is 5.11 Å². The fourth-order valence-electron chi connectivity index (χ4n) is 5.62. The summed E-state index contributed by atoms with van der Waals surface area (Å²) in [7, 11) is -3.90. The Balaban J connectivity index is 1.68. The monoisotopic (exact) mass is 513 g/mol. The maximum absolute atomic E-state index is 14.0. The lowest BCUT2D eigenvalue weighted by molar-refractivity contribution is -0.154. The lowest BCUT2D eigenvalue weighted by atomic mass is 9.86. The third kappa shape index (κ3) is 5.19. The van der Waals surface area contributed by atoms with Gasteiger partial charge >= 0.3 is 0 Å². The number of sulfonamides is 1. The summed E-state index contributed by atoms with van der Waals surface area (Å²) in [5, 5.41) is 12.1. The van der Waals surface area contributed by atoms with Crippen LogP contribution < -0.4 is 10.0 Å². The normalized spacial score (nSPS) is 20.6. The first-order valence-corrected chi connectivity index (χ1v) is 14.1. The summed E-state index contributed by atoms with van der Waals surface area (Å²) >= 11 is 0. The molecule has 4 rings (SSSR count). The smallest absolute Gasteiger partial charge is 0.246 e. The zero-order valence-electron chi connectivity index (χ0n) is 20.8. The van der Waals surface area contributed by atoms with Crippen molar-refractivity contribution < 1.29 is 23.1 Å². The summed E-state index contributed by atoms with van der Waals surface area (Å²) in [6.07, 6.45) is 2.87. The quantitative estimate of drug-likeness (QED) is 0.450. The van der Waals surface area contributed by atoms with E-state index in [1.54, 1.807) is 23.1 Å². The fraction of sp³-hybridized carbons (Fsp3) is 0.481. The number of amides is 2. The van der Waals surface area contributed by atoms with Crippen LogP contribution in [-0.4, -0.2) is 55.5 Å². The molecule has 0 radical (unpaired) electrons. The highest BCUT2D eigenvalue weighted by Gasteiger charge is 2.47. The van der Waals surface area contributed by atoms with Gasteiger partial charge in [-0.05, 0) is 47.4 Å². The molecule has 3 N–H and O–H groups in total. The molecule has 1 heterocycles. The molecular formula is C27H35N3O5S. The van der Waals surface area contributed by atoms with Gasteiger partial charge in [0.15, 0.2) is 0 Å². The summed E-state index contributed by atoms with van der Waals surface area (Å²) in [5.41, 5.74) is 2.84. The van der Waals surface area contributed by atoms with Crippen molar-refractivity contribution in [3.05, 3.63) is 65.2 Å². The molecule has 1 aliphatic heterocycles. The van der Waals surface area contributed by atoms with Crippen LogP contribution in [0.5, 0.6) is 0 Å². The van der Waals surface area contributed by atoms with Crippen LogP contribution in [0.3, 0.4) is 0 Å². The number of piperazine rings is 1. The Hall–Kier alpha value is -2.75. The number of hydrogen-bond acceptors (Lipinski definition) is 5. The van der Waals surface area contributed by atoms with E-state index in [-0.39, 0.29) is 48.2 Å². The highest BCUT2D eigenvalue weighted by molar-refractivity contribution is 7.89. The Morgan fingerprint density at radius 1 is 1.03 bits per heavy atom. The molecule has 1 aliphatic carbocycles. The van der Waals surface area contributed by atoms with Crippen molar-refractivity contribution in [2.75, 3.05) is 13.2 Å². The molecular weight excluding hydrogens is 478 g/mol. The third-order valence-corrected chi connectivity index (χ3v) is 9.07. The topological polar surface area (TPSA) is 116 Å². The summed E-state index contributed by atoms with van der Waals surface area (Å²) in [6.45, 7) is 3.58. The van der Waals surface area contributed by atoms with Crippen molar-refractivity contribution in [3.63, 3.8) is 0 Å². The van der Waals surface area contributed by atoms with E-state index < -0.39 is 22.1 Å². The first-order chi connectivity index (χ1) is 17.3. The highest BCUT2D eigenvalue weighted by Crippen LogP contribution is 2.33. The minimum atomic E-state index is -3.90. The average Bonchev–Trinajstić information content (AvgIpc) is 3.31. The van der Waals surface area contributed by atoms with Crippen molar-refractivity contribution in [2.24, 2.45) is 11.8 Å². The number of rotatable bonds is 10. The lowest BCUT2D eigenvalue weighted by Gasteiger charge is -2.44. The molecule has 1 fully saturated rings. The molecule has 2 aromatic carbocycles. The maximum Gasteiger partial charge on any atom is 0.246 e. The molecule has 2 aliphatic rings. The largest absolute Gasteiger partial charge is 0.395 e. The average molecular weight is 514 g/mol. The Morgan fingerprint density at radius 2 is 1.64 bits per heavy atom. The van der Waals surface area contributed by atoms with E-state index >= 15 is 0 Å². The van der Waals surface area contributed by atoms with Gasteiger partial charge in [0.2, 0.25) is 21.8 Å². The second kappa shape index (κ2) is 11.1. The number of nitrogens with one attached hydrogen (secondary N) is 2. The molecule has 9 heteroatoms. The van der Waals surface area contributed by atoms with Crippen LogP contribution in [0.25, 0.3) is 0 Å². The lowest BCUT2D eigenvalue weighted by Crippen LogP contribution is -2.66. The molecule has 0 spiro atoms. The second-order valence-electron chi connectivity index (χ2n) is 9.64. The van der Waals surface area contributed by atoms with E-state index in [2.05, 4.69) is 22.2 Å². The van der Waals surface area contributed by atoms with Gasteiger partial charge in [-0.1, -0.05) is 69.2 Å². The molecule has 194 valence electrons. The van der Waals surface area contributed by atoms with Crippen molar-refractivity contribution in [1.29, 1.82) is 0 Å². The molecule has 2 aromatic rings. The highest BCUT2D eigenvalue weighted by atomic mass is 32.2. The van der Waals surface area contributed by atoms with Crippen LogP contribution in [0.1, 0.15) is 43.4 Å². The van der Waals surface area contributed by atoms with E-state index in [1.165, 1.54) is 17.2 Å². The van der Waals surface area contributed by atoms with Crippen LogP contribution in [-0.2, 0) is 39.0 Å². The van der Waals surface area contributed by atoms with Crippen LogP contribution in [0.15, 0.2) is 53.4 Å². The predicted octanol–water partition coefficient (Wildman–Crippen LogP) is 2.00. The van der Waals surface area contributed by atoms with Crippen molar-refractivity contribution in [1.82, 2.24) is 14.9 Å². The number of hydrogen-bond donors (Lipinski definition) is 3. The third-order valence-electron chi connectivity index (χ3n) is 7.51. The fourth-order valence-corrected chi connectivity index (χ4v) is 6.87. The van der Waals surface area contributed by atoms with Gasteiger partial charge in [0.1, 0.15) is 12.1 Å². The number of carbonyl (C=O) groups excluding carboxylic acids is 2. The van der Waals surface area contributed by atoms with Gasteiger partial charge < -0.3 is 15.3 Å². The Kier molecular flexibility index (Phi) is 8.12. The molecule has 2 amide bonds. The minimum Gasteiger partial charge on any atom is -0.395 e. The van der Waals surface area contributed by atoms with E-state index in [1.807, 2.05) is 26.0 Å². The Labute approximate surface area is 213 Å². The summed E-state index contributed by atoms with van der Waals surface area (Å²) in [6, 6.07) is 13.3. The molecule has 0 aromatic heterocycles. The summed E-state index contributed by atoms with van der Waals surface area (Å²) in [4.78, 5) is 29.2. The van der Waals surface area contributed by atoms with Gasteiger partial charge in [0, 0.05) is 13.1 Å². The standard InChI is InChI=1S/C27H35N3O5S/c1-3-18(4-2)25-26(32)29-24(22-15-19-9-5-6-10-20(19)16-22)27(33)30(25)17-21-11-7-8-12-23(21)36(34,35)28-13-14-31/h5-12,18,22,24-25,28,31H,3-4,13-17H2,1-2H3,(H,29,32)/t24-,25-/m1/s1. The van der Waals surface area contributed by atoms with Crippen molar-refractivity contribution in [3.8, 4) is 0 Å². The van der Waals surface area contributed by atoms with E-state index in [0.717, 1.165) is 12.8 Å². The van der Waals surface area contributed by atoms with E-state index in [9.17, 15) is 18.0 Å². The number of aliphatic hydroxyl groups excluding tert-OH is 1. The second-order valence-corrected chi connectivity index (χ2v) is 11.4. The first kappa shape index (κ1) is 26.3. The number of nitrogens with zero attached hydrogens (tertiary/aromatic N) is 1. The zero-order chi connectivity index (χ0) is 25.9. The van der Waals surface area contributed by atoms with Gasteiger partial charge in [0.05, 0.1) is 11.5 Å². The zero-order valence-corrected chi connectivity index (χ0v) is 21.6. The predicted molar refractivity (Wildman–Crippen MR) is 136 cm³/mol. The number of aliphatic hydroxyl groups is 1. The van der Waals surface area contributed by atoms with Crippen LogP contribution in [0.2, 0.25) is 0 Å². The molecule has 2 atom stereocenters. The summed E-state index contributed by atoms with van der Waals surface area (Å²) in [5.74, 6) is -0.441. The minimum absolute atomic E-state index is 0.0137. The van der Waals surface area contributed by atoms with Crippen LogP contribution in [0.4, 0.5) is 0 Å². The number of carbonyl (C=O) groups is 2. The molecule has 0 bridgehead atoms. The van der Waals surface area contributed by atoms with Gasteiger partial charge in [-0.2, -0.15) is 0 Å². The van der Waals surface area contributed by atoms with Gasteiger partial charge in [-0.3, -0.25) is 9.59 Å². The number of benzene rings is 2. The number of fused-ring (bicyclic) bond motifs is 1. The molecule has 0 unspecified atom stereocenters. The molecule has 8 nitrogen and oxygen atoms in total. The maximum atomic E-state index is 14.0. The van der Waals surface area contributed by atoms with Crippen molar-refractivity contribution >= 4 is 21.8 Å². The first-order valence-electron chi connectivity index (χ1n) is 12.7. The van der Waals surface area contributed by atoms with Gasteiger partial charge in [-0.15, -0.1) is 0 Å². The Morgan fingerprint density at radius 3 is 2.25 bits per heavy atom. The SMILES string of the molecule is CCC(CC)[C@@H]1C(=O)N[C@H](C2Cc3ccccc3C2)C(=O)N1Cc1ccccc1S(=O)(=O)NCCO.